The van der Waals surface area contributed by atoms with Gasteiger partial charge in [0.15, 0.2) is 0 Å². The molecule has 1 rings (SSSR count). The lowest BCUT2D eigenvalue weighted by Crippen LogP contribution is -1.86. The van der Waals surface area contributed by atoms with Crippen LogP contribution in [0.1, 0.15) is 12.0 Å². The summed E-state index contributed by atoms with van der Waals surface area (Å²) in [6.07, 6.45) is 4.22. The highest BCUT2D eigenvalue weighted by molar-refractivity contribution is 6.30. The van der Waals surface area contributed by atoms with E-state index in [4.69, 9.17) is 16.4 Å². The fraction of sp³-hybridized carbons (Fsp3) is 0.182. The van der Waals surface area contributed by atoms with Crippen molar-refractivity contribution < 1.29 is 4.84 Å². The molecule has 0 spiro atoms. The summed E-state index contributed by atoms with van der Waals surface area (Å²) in [7, 11) is 0. The van der Waals surface area contributed by atoms with Crippen molar-refractivity contribution in [2.24, 2.45) is 5.16 Å². The van der Waals surface area contributed by atoms with Crippen molar-refractivity contribution in [3.05, 3.63) is 47.5 Å². The highest BCUT2D eigenvalue weighted by Crippen LogP contribution is 2.08. The van der Waals surface area contributed by atoms with E-state index in [-0.39, 0.29) is 0 Å². The van der Waals surface area contributed by atoms with Crippen molar-refractivity contribution in [2.45, 2.75) is 6.42 Å². The van der Waals surface area contributed by atoms with E-state index in [0.29, 0.717) is 11.6 Å². The lowest BCUT2D eigenvalue weighted by molar-refractivity contribution is 0.151. The Morgan fingerprint density at radius 1 is 1.50 bits per heavy atom. The van der Waals surface area contributed by atoms with Crippen LogP contribution in [0.3, 0.4) is 0 Å². The molecule has 14 heavy (non-hydrogen) atoms. The zero-order chi connectivity index (χ0) is 10.2. The number of hydrogen-bond donors (Lipinski definition) is 0. The maximum Gasteiger partial charge on any atom is 0.120 e. The van der Waals surface area contributed by atoms with Crippen molar-refractivity contribution in [1.29, 1.82) is 0 Å². The lowest BCUT2D eigenvalue weighted by Gasteiger charge is -1.95. The summed E-state index contributed by atoms with van der Waals surface area (Å²) in [4.78, 5) is 4.97. The Kier molecular flexibility index (Phi) is 4.79. The molecular weight excluding hydrogens is 198 g/mol. The smallest absolute Gasteiger partial charge is 0.120 e. The molecule has 1 aromatic carbocycles. The number of nitrogens with zero attached hydrogens (tertiary/aromatic N) is 1. The minimum absolute atomic E-state index is 0.556. The zero-order valence-electron chi connectivity index (χ0n) is 7.82. The van der Waals surface area contributed by atoms with Gasteiger partial charge in [0, 0.05) is 11.4 Å². The molecule has 0 unspecified atom stereocenters. The molecule has 0 aliphatic carbocycles. The monoisotopic (exact) mass is 209 g/mol. The normalized spacial score (nSPS) is 10.4. The topological polar surface area (TPSA) is 21.6 Å². The zero-order valence-corrected chi connectivity index (χ0v) is 8.57. The second-order valence-corrected chi connectivity index (χ2v) is 3.14. The first kappa shape index (κ1) is 10.8. The third-order valence-corrected chi connectivity index (χ3v) is 1.77. The van der Waals surface area contributed by atoms with E-state index >= 15 is 0 Å². The van der Waals surface area contributed by atoms with Crippen LogP contribution < -0.4 is 0 Å². The third-order valence-electron chi connectivity index (χ3n) is 1.54. The van der Waals surface area contributed by atoms with Gasteiger partial charge in [-0.3, -0.25) is 0 Å². The van der Waals surface area contributed by atoms with Crippen molar-refractivity contribution >= 4 is 17.8 Å². The summed E-state index contributed by atoms with van der Waals surface area (Å²) in [6, 6.07) is 7.42. The predicted molar refractivity (Wildman–Crippen MR) is 59.8 cm³/mol. The standard InChI is InChI=1S/C11H12ClNO/c1-2-3-7-14-13-9-10-5-4-6-11(12)8-10/h2,4-6,8-9H,1,3,7H2. The summed E-state index contributed by atoms with van der Waals surface area (Å²) in [6.45, 7) is 4.13. The summed E-state index contributed by atoms with van der Waals surface area (Å²) in [5.74, 6) is 0. The average Bonchev–Trinajstić information content (AvgIpc) is 2.18. The molecule has 0 atom stereocenters. The molecule has 74 valence electrons. The Labute approximate surface area is 88.8 Å². The van der Waals surface area contributed by atoms with Crippen LogP contribution in [-0.4, -0.2) is 12.8 Å². The number of benzene rings is 1. The van der Waals surface area contributed by atoms with E-state index in [1.807, 2.05) is 24.3 Å². The number of hydrogen-bond acceptors (Lipinski definition) is 2. The average molecular weight is 210 g/mol. The highest BCUT2D eigenvalue weighted by Gasteiger charge is 1.89. The summed E-state index contributed by atoms with van der Waals surface area (Å²) in [5.41, 5.74) is 0.927. The molecule has 0 aromatic heterocycles. The Morgan fingerprint density at radius 3 is 3.07 bits per heavy atom. The number of rotatable bonds is 5. The van der Waals surface area contributed by atoms with Crippen LogP contribution in [0.4, 0.5) is 0 Å². The quantitative estimate of drug-likeness (QED) is 0.316. The molecule has 2 nitrogen and oxygen atoms in total. The molecule has 0 bridgehead atoms. The van der Waals surface area contributed by atoms with Gasteiger partial charge in [0.25, 0.3) is 0 Å². The van der Waals surface area contributed by atoms with E-state index in [9.17, 15) is 0 Å². The van der Waals surface area contributed by atoms with Crippen LogP contribution in [0.5, 0.6) is 0 Å². The van der Waals surface area contributed by atoms with Gasteiger partial charge >= 0.3 is 0 Å². The third kappa shape index (κ3) is 4.10. The van der Waals surface area contributed by atoms with Crippen LogP contribution >= 0.6 is 11.6 Å². The van der Waals surface area contributed by atoms with Gasteiger partial charge in [0.05, 0.1) is 6.21 Å². The highest BCUT2D eigenvalue weighted by atomic mass is 35.5. The fourth-order valence-corrected chi connectivity index (χ4v) is 1.07. The van der Waals surface area contributed by atoms with Crippen molar-refractivity contribution in [3.63, 3.8) is 0 Å². The van der Waals surface area contributed by atoms with Crippen LogP contribution in [0.25, 0.3) is 0 Å². The molecule has 0 aliphatic rings. The molecule has 0 saturated heterocycles. The maximum absolute atomic E-state index is 5.79. The second-order valence-electron chi connectivity index (χ2n) is 2.70. The second kappa shape index (κ2) is 6.22. The van der Waals surface area contributed by atoms with Crippen molar-refractivity contribution in [1.82, 2.24) is 0 Å². The van der Waals surface area contributed by atoms with Gasteiger partial charge in [0.1, 0.15) is 6.61 Å². The molecule has 3 heteroatoms. The first-order chi connectivity index (χ1) is 6.83. The van der Waals surface area contributed by atoms with Crippen molar-refractivity contribution in [3.8, 4) is 0 Å². The van der Waals surface area contributed by atoms with E-state index in [1.54, 1.807) is 12.3 Å². The first-order valence-corrected chi connectivity index (χ1v) is 4.72. The summed E-state index contributed by atoms with van der Waals surface area (Å²) in [5, 5.41) is 4.48. The molecule has 0 radical (unpaired) electrons. The van der Waals surface area contributed by atoms with Gasteiger partial charge in [-0.1, -0.05) is 35.0 Å². The van der Waals surface area contributed by atoms with Crippen LogP contribution in [0.15, 0.2) is 42.1 Å². The first-order valence-electron chi connectivity index (χ1n) is 4.34. The Bertz CT molecular complexity index is 323. The molecular formula is C11H12ClNO. The predicted octanol–water partition coefficient (Wildman–Crippen LogP) is 3.27. The van der Waals surface area contributed by atoms with E-state index in [1.165, 1.54) is 0 Å². The van der Waals surface area contributed by atoms with Gasteiger partial charge in [-0.2, -0.15) is 0 Å². The van der Waals surface area contributed by atoms with Crippen LogP contribution in [-0.2, 0) is 4.84 Å². The molecule has 0 amide bonds. The van der Waals surface area contributed by atoms with E-state index in [2.05, 4.69) is 11.7 Å². The summed E-state index contributed by atoms with van der Waals surface area (Å²) >= 11 is 5.79. The maximum atomic E-state index is 5.79. The Hall–Kier alpha value is -1.28. The Balaban J connectivity index is 2.39. The van der Waals surface area contributed by atoms with Gasteiger partial charge in [-0.05, 0) is 17.7 Å². The van der Waals surface area contributed by atoms with E-state index in [0.717, 1.165) is 12.0 Å². The number of halogens is 1. The van der Waals surface area contributed by atoms with Gasteiger partial charge in [-0.15, -0.1) is 6.58 Å². The number of oxime groups is 1. The SMILES string of the molecule is C=CCCON=Cc1cccc(Cl)c1. The minimum atomic E-state index is 0.556. The lowest BCUT2D eigenvalue weighted by atomic mass is 10.2. The molecule has 0 fully saturated rings. The largest absolute Gasteiger partial charge is 0.395 e. The fourth-order valence-electron chi connectivity index (χ4n) is 0.874. The van der Waals surface area contributed by atoms with Gasteiger partial charge in [0.2, 0.25) is 0 Å². The Morgan fingerprint density at radius 2 is 2.36 bits per heavy atom. The molecule has 0 heterocycles. The summed E-state index contributed by atoms with van der Waals surface area (Å²) < 4.78 is 0. The van der Waals surface area contributed by atoms with Crippen LogP contribution in [0, 0.1) is 0 Å². The van der Waals surface area contributed by atoms with Gasteiger partial charge < -0.3 is 4.84 Å². The molecule has 1 aromatic rings. The molecule has 0 N–H and O–H groups in total. The van der Waals surface area contributed by atoms with Gasteiger partial charge in [-0.25, -0.2) is 0 Å². The molecule has 0 aliphatic heterocycles. The van der Waals surface area contributed by atoms with Crippen LogP contribution in [0.2, 0.25) is 5.02 Å². The minimum Gasteiger partial charge on any atom is -0.395 e. The molecule has 0 saturated carbocycles. The van der Waals surface area contributed by atoms with E-state index < -0.39 is 0 Å². The van der Waals surface area contributed by atoms with Crippen molar-refractivity contribution in [2.75, 3.05) is 6.61 Å².